The summed E-state index contributed by atoms with van der Waals surface area (Å²) in [5.41, 5.74) is 4.16. The first-order chi connectivity index (χ1) is 13.1. The third kappa shape index (κ3) is 2.43. The highest BCUT2D eigenvalue weighted by molar-refractivity contribution is 6.05. The summed E-state index contributed by atoms with van der Waals surface area (Å²) in [6, 6.07) is 8.97. The summed E-state index contributed by atoms with van der Waals surface area (Å²) in [5.74, 6) is -0.852. The number of benzene rings is 1. The summed E-state index contributed by atoms with van der Waals surface area (Å²) in [6.45, 7) is 0.356. The summed E-state index contributed by atoms with van der Waals surface area (Å²) < 4.78 is 0. The van der Waals surface area contributed by atoms with E-state index in [4.69, 9.17) is 0 Å². The van der Waals surface area contributed by atoms with E-state index in [0.717, 1.165) is 27.7 Å². The van der Waals surface area contributed by atoms with Gasteiger partial charge in [-0.1, -0.05) is 6.07 Å². The SMILES string of the molecule is O=C1CCC(N2Cc3cc(-c4nccc5cc[nH]c45)ccc3C2=O)C(=O)N1. The number of piperidine rings is 1. The number of carbonyl (C=O) groups is 3. The molecule has 1 saturated heterocycles. The zero-order valence-electron chi connectivity index (χ0n) is 14.4. The Morgan fingerprint density at radius 3 is 2.85 bits per heavy atom. The molecule has 134 valence electrons. The van der Waals surface area contributed by atoms with E-state index in [1.165, 1.54) is 0 Å². The quantitative estimate of drug-likeness (QED) is 0.683. The molecular formula is C20H16N4O3. The van der Waals surface area contributed by atoms with Crippen molar-refractivity contribution in [2.75, 3.05) is 0 Å². The van der Waals surface area contributed by atoms with Gasteiger partial charge in [-0.15, -0.1) is 0 Å². The van der Waals surface area contributed by atoms with Gasteiger partial charge in [0, 0.05) is 41.9 Å². The lowest BCUT2D eigenvalue weighted by molar-refractivity contribution is -0.136. The van der Waals surface area contributed by atoms with Crippen molar-refractivity contribution < 1.29 is 14.4 Å². The normalized spacial score (nSPS) is 19.5. The number of hydrogen-bond acceptors (Lipinski definition) is 4. The Labute approximate surface area is 154 Å². The number of amides is 3. The molecule has 1 fully saturated rings. The van der Waals surface area contributed by atoms with E-state index < -0.39 is 11.9 Å². The van der Waals surface area contributed by atoms with Crippen LogP contribution in [0.25, 0.3) is 22.2 Å². The van der Waals surface area contributed by atoms with E-state index in [2.05, 4.69) is 15.3 Å². The molecular weight excluding hydrogens is 344 g/mol. The summed E-state index contributed by atoms with van der Waals surface area (Å²) >= 11 is 0. The number of fused-ring (bicyclic) bond motifs is 2. The van der Waals surface area contributed by atoms with Gasteiger partial charge in [0.2, 0.25) is 11.8 Å². The predicted molar refractivity (Wildman–Crippen MR) is 97.6 cm³/mol. The Balaban J connectivity index is 1.50. The van der Waals surface area contributed by atoms with Gasteiger partial charge < -0.3 is 9.88 Å². The number of pyridine rings is 1. The third-order valence-corrected chi connectivity index (χ3v) is 5.27. The van der Waals surface area contributed by atoms with Crippen LogP contribution < -0.4 is 5.32 Å². The van der Waals surface area contributed by atoms with Gasteiger partial charge in [0.1, 0.15) is 6.04 Å². The molecule has 7 heteroatoms. The van der Waals surface area contributed by atoms with E-state index in [1.807, 2.05) is 30.5 Å². The van der Waals surface area contributed by atoms with Crippen molar-refractivity contribution in [3.05, 3.63) is 53.9 Å². The Morgan fingerprint density at radius 2 is 2.00 bits per heavy atom. The van der Waals surface area contributed by atoms with E-state index >= 15 is 0 Å². The highest BCUT2D eigenvalue weighted by Crippen LogP contribution is 2.32. The fourth-order valence-corrected chi connectivity index (χ4v) is 3.92. The fraction of sp³-hybridized carbons (Fsp3) is 0.200. The molecule has 1 aromatic carbocycles. The average molecular weight is 360 g/mol. The second-order valence-corrected chi connectivity index (χ2v) is 6.87. The van der Waals surface area contributed by atoms with Crippen molar-refractivity contribution in [2.24, 2.45) is 0 Å². The molecule has 2 aliphatic rings. The number of imide groups is 1. The van der Waals surface area contributed by atoms with Crippen molar-refractivity contribution in [3.8, 4) is 11.3 Å². The molecule has 3 aromatic rings. The molecule has 0 bridgehead atoms. The van der Waals surface area contributed by atoms with Crippen molar-refractivity contribution in [3.63, 3.8) is 0 Å². The lowest BCUT2D eigenvalue weighted by Gasteiger charge is -2.29. The van der Waals surface area contributed by atoms with E-state index in [1.54, 1.807) is 17.2 Å². The van der Waals surface area contributed by atoms with Crippen LogP contribution in [0.3, 0.4) is 0 Å². The van der Waals surface area contributed by atoms with E-state index in [0.29, 0.717) is 18.5 Å². The molecule has 3 amide bonds. The molecule has 27 heavy (non-hydrogen) atoms. The summed E-state index contributed by atoms with van der Waals surface area (Å²) in [7, 11) is 0. The highest BCUT2D eigenvalue weighted by atomic mass is 16.2. The van der Waals surface area contributed by atoms with Crippen molar-refractivity contribution in [1.29, 1.82) is 0 Å². The Morgan fingerprint density at radius 1 is 1.11 bits per heavy atom. The van der Waals surface area contributed by atoms with Gasteiger partial charge in [-0.3, -0.25) is 24.7 Å². The zero-order valence-corrected chi connectivity index (χ0v) is 14.4. The first-order valence-electron chi connectivity index (χ1n) is 8.82. The average Bonchev–Trinajstić information content (AvgIpc) is 3.26. The monoisotopic (exact) mass is 360 g/mol. The number of aromatic nitrogens is 2. The summed E-state index contributed by atoms with van der Waals surface area (Å²) in [6.07, 6.45) is 4.25. The molecule has 0 radical (unpaired) electrons. The van der Waals surface area contributed by atoms with Gasteiger partial charge >= 0.3 is 0 Å². The molecule has 4 heterocycles. The first kappa shape index (κ1) is 15.7. The van der Waals surface area contributed by atoms with Crippen LogP contribution in [-0.2, 0) is 16.1 Å². The van der Waals surface area contributed by atoms with Crippen LogP contribution in [-0.4, -0.2) is 38.6 Å². The van der Waals surface area contributed by atoms with Gasteiger partial charge in [0.15, 0.2) is 0 Å². The van der Waals surface area contributed by atoms with Gasteiger partial charge in [0.25, 0.3) is 5.91 Å². The number of carbonyl (C=O) groups excluding carboxylic acids is 3. The smallest absolute Gasteiger partial charge is 0.255 e. The number of aromatic amines is 1. The molecule has 0 saturated carbocycles. The zero-order chi connectivity index (χ0) is 18.5. The van der Waals surface area contributed by atoms with Crippen LogP contribution in [0.15, 0.2) is 42.7 Å². The van der Waals surface area contributed by atoms with Crippen molar-refractivity contribution >= 4 is 28.6 Å². The maximum Gasteiger partial charge on any atom is 0.255 e. The third-order valence-electron chi connectivity index (χ3n) is 5.27. The van der Waals surface area contributed by atoms with Gasteiger partial charge in [-0.25, -0.2) is 0 Å². The van der Waals surface area contributed by atoms with Crippen molar-refractivity contribution in [2.45, 2.75) is 25.4 Å². The molecule has 1 atom stereocenters. The predicted octanol–water partition coefficient (Wildman–Crippen LogP) is 1.99. The first-order valence-corrected chi connectivity index (χ1v) is 8.82. The number of hydrogen-bond donors (Lipinski definition) is 2. The lowest BCUT2D eigenvalue weighted by Crippen LogP contribution is -2.52. The minimum atomic E-state index is -0.601. The maximum atomic E-state index is 12.8. The fourth-order valence-electron chi connectivity index (χ4n) is 3.92. The van der Waals surface area contributed by atoms with E-state index in [-0.39, 0.29) is 18.2 Å². The minimum absolute atomic E-state index is 0.169. The van der Waals surface area contributed by atoms with Gasteiger partial charge in [-0.2, -0.15) is 0 Å². The van der Waals surface area contributed by atoms with Crippen LogP contribution in [0.4, 0.5) is 0 Å². The molecule has 0 aliphatic carbocycles. The Bertz CT molecular complexity index is 1120. The summed E-state index contributed by atoms with van der Waals surface area (Å²) in [5, 5.41) is 3.39. The van der Waals surface area contributed by atoms with Crippen LogP contribution in [0.5, 0.6) is 0 Å². The molecule has 0 spiro atoms. The van der Waals surface area contributed by atoms with Gasteiger partial charge in [0.05, 0.1) is 11.2 Å². The molecule has 2 aliphatic heterocycles. The van der Waals surface area contributed by atoms with Gasteiger partial charge in [-0.05, 0) is 36.2 Å². The number of nitrogens with zero attached hydrogens (tertiary/aromatic N) is 2. The topological polar surface area (TPSA) is 95.2 Å². The summed E-state index contributed by atoms with van der Waals surface area (Å²) in [4.78, 5) is 45.6. The Hall–Kier alpha value is -3.48. The minimum Gasteiger partial charge on any atom is -0.359 e. The van der Waals surface area contributed by atoms with Crippen LogP contribution in [0, 0.1) is 0 Å². The number of nitrogens with one attached hydrogen (secondary N) is 2. The van der Waals surface area contributed by atoms with Crippen LogP contribution in [0.1, 0.15) is 28.8 Å². The second-order valence-electron chi connectivity index (χ2n) is 6.87. The largest absolute Gasteiger partial charge is 0.359 e. The second kappa shape index (κ2) is 5.77. The van der Waals surface area contributed by atoms with Crippen LogP contribution >= 0.6 is 0 Å². The van der Waals surface area contributed by atoms with Crippen molar-refractivity contribution in [1.82, 2.24) is 20.2 Å². The van der Waals surface area contributed by atoms with Crippen LogP contribution in [0.2, 0.25) is 0 Å². The number of H-pyrrole nitrogens is 1. The molecule has 5 rings (SSSR count). The maximum absolute atomic E-state index is 12.8. The standard InChI is InChI=1S/C20H16N4O3/c25-16-4-3-15(19(26)23-16)24-10-13-9-12(1-2-14(13)20(24)27)18-17-11(5-7-21-17)6-8-22-18/h1-2,5-9,15,21H,3-4,10H2,(H,23,25,26). The Kier molecular flexibility index (Phi) is 3.36. The van der Waals surface area contributed by atoms with E-state index in [9.17, 15) is 14.4 Å². The lowest BCUT2D eigenvalue weighted by atomic mass is 10.0. The molecule has 2 N–H and O–H groups in total. The molecule has 1 unspecified atom stereocenters. The number of rotatable bonds is 2. The molecule has 7 nitrogen and oxygen atoms in total. The molecule has 2 aromatic heterocycles. The highest BCUT2D eigenvalue weighted by Gasteiger charge is 2.39.